The fourth-order valence-corrected chi connectivity index (χ4v) is 3.00. The number of benzene rings is 2. The van der Waals surface area contributed by atoms with Crippen molar-refractivity contribution in [2.75, 3.05) is 10.6 Å². The van der Waals surface area contributed by atoms with Crippen LogP contribution in [-0.4, -0.2) is 11.0 Å². The monoisotopic (exact) mass is 357 g/mol. The molecule has 122 valence electrons. The van der Waals surface area contributed by atoms with Crippen molar-refractivity contribution in [2.45, 2.75) is 13.8 Å². The highest BCUT2D eigenvalue weighted by molar-refractivity contribution is 7.14. The van der Waals surface area contributed by atoms with E-state index in [1.807, 2.05) is 11.4 Å². The first-order valence-electron chi connectivity index (χ1n) is 7.38. The van der Waals surface area contributed by atoms with Crippen LogP contribution in [-0.2, 0) is 0 Å². The zero-order chi connectivity index (χ0) is 17.1. The van der Waals surface area contributed by atoms with Gasteiger partial charge < -0.3 is 5.32 Å². The Labute approximate surface area is 149 Å². The summed E-state index contributed by atoms with van der Waals surface area (Å²) in [5, 5.41) is 8.59. The molecule has 1 aromatic heterocycles. The van der Waals surface area contributed by atoms with Gasteiger partial charge in [-0.2, -0.15) is 0 Å². The molecular weight excluding hydrogens is 342 g/mol. The topological polar surface area (TPSA) is 54.0 Å². The molecule has 0 aliphatic rings. The number of rotatable bonds is 3. The van der Waals surface area contributed by atoms with E-state index in [2.05, 4.69) is 41.6 Å². The van der Waals surface area contributed by atoms with E-state index >= 15 is 0 Å². The van der Waals surface area contributed by atoms with Gasteiger partial charge in [0.05, 0.1) is 5.69 Å². The van der Waals surface area contributed by atoms with Gasteiger partial charge in [-0.1, -0.05) is 23.7 Å². The largest absolute Gasteiger partial charge is 0.325 e. The van der Waals surface area contributed by atoms with Gasteiger partial charge in [-0.25, -0.2) is 9.78 Å². The van der Waals surface area contributed by atoms with E-state index in [-0.39, 0.29) is 6.03 Å². The zero-order valence-electron chi connectivity index (χ0n) is 13.3. The van der Waals surface area contributed by atoms with Crippen molar-refractivity contribution in [1.29, 1.82) is 0 Å². The summed E-state index contributed by atoms with van der Waals surface area (Å²) in [6, 6.07) is 12.8. The summed E-state index contributed by atoms with van der Waals surface area (Å²) in [4.78, 5) is 16.5. The number of halogens is 1. The number of hydrogen-bond acceptors (Lipinski definition) is 3. The average Bonchev–Trinajstić information content (AvgIpc) is 3.00. The highest BCUT2D eigenvalue weighted by Gasteiger charge is 2.09. The molecule has 6 heteroatoms. The van der Waals surface area contributed by atoms with Gasteiger partial charge in [0.1, 0.15) is 0 Å². The highest BCUT2D eigenvalue weighted by Crippen LogP contribution is 2.26. The molecule has 0 saturated carbocycles. The number of aryl methyl sites for hydroxylation is 2. The summed E-state index contributed by atoms with van der Waals surface area (Å²) < 4.78 is 0. The maximum Gasteiger partial charge on any atom is 0.325 e. The Hall–Kier alpha value is -2.37. The minimum absolute atomic E-state index is 0.335. The summed E-state index contributed by atoms with van der Waals surface area (Å²) >= 11 is 7.21. The van der Waals surface area contributed by atoms with Gasteiger partial charge in [-0.3, -0.25) is 5.32 Å². The van der Waals surface area contributed by atoms with Gasteiger partial charge in [0.25, 0.3) is 0 Å². The zero-order valence-corrected chi connectivity index (χ0v) is 14.8. The molecule has 0 radical (unpaired) electrons. The third-order valence-electron chi connectivity index (χ3n) is 3.63. The fraction of sp³-hybridized carbons (Fsp3) is 0.111. The van der Waals surface area contributed by atoms with Crippen LogP contribution in [0.15, 0.2) is 47.8 Å². The lowest BCUT2D eigenvalue weighted by Crippen LogP contribution is -2.19. The average molecular weight is 358 g/mol. The summed E-state index contributed by atoms with van der Waals surface area (Å²) in [5.74, 6) is 0. The smallest absolute Gasteiger partial charge is 0.308 e. The molecule has 0 saturated heterocycles. The first-order chi connectivity index (χ1) is 11.5. The number of nitrogens with zero attached hydrogens (tertiary/aromatic N) is 1. The first kappa shape index (κ1) is 16.5. The molecule has 0 unspecified atom stereocenters. The van der Waals surface area contributed by atoms with Gasteiger partial charge in [0, 0.05) is 21.7 Å². The summed E-state index contributed by atoms with van der Waals surface area (Å²) in [5.41, 5.74) is 5.03. The van der Waals surface area contributed by atoms with Gasteiger partial charge in [-0.05, 0) is 55.3 Å². The van der Waals surface area contributed by atoms with E-state index in [1.54, 1.807) is 24.3 Å². The van der Waals surface area contributed by atoms with Crippen molar-refractivity contribution in [1.82, 2.24) is 4.98 Å². The van der Waals surface area contributed by atoms with Crippen molar-refractivity contribution in [2.24, 2.45) is 0 Å². The third kappa shape index (κ3) is 3.93. The quantitative estimate of drug-likeness (QED) is 0.629. The molecule has 2 aromatic carbocycles. The van der Waals surface area contributed by atoms with E-state index in [1.165, 1.54) is 22.5 Å². The van der Waals surface area contributed by atoms with Crippen molar-refractivity contribution >= 4 is 39.8 Å². The van der Waals surface area contributed by atoms with E-state index in [4.69, 9.17) is 11.6 Å². The Morgan fingerprint density at radius 2 is 1.79 bits per heavy atom. The van der Waals surface area contributed by atoms with Crippen LogP contribution in [0, 0.1) is 13.8 Å². The molecule has 0 aliphatic heterocycles. The lowest BCUT2D eigenvalue weighted by molar-refractivity contribution is 0.262. The van der Waals surface area contributed by atoms with Crippen LogP contribution in [0.2, 0.25) is 5.02 Å². The van der Waals surface area contributed by atoms with Gasteiger partial charge >= 0.3 is 6.03 Å². The number of thiazole rings is 1. The van der Waals surface area contributed by atoms with E-state index in [9.17, 15) is 4.79 Å². The molecule has 2 amide bonds. The molecule has 2 N–H and O–H groups in total. The molecule has 0 fully saturated rings. The molecule has 0 aliphatic carbocycles. The Kier molecular flexibility index (Phi) is 4.83. The molecule has 0 atom stereocenters. The van der Waals surface area contributed by atoms with Gasteiger partial charge in [0.2, 0.25) is 0 Å². The fourth-order valence-electron chi connectivity index (χ4n) is 2.16. The molecular formula is C18H16ClN3OS. The van der Waals surface area contributed by atoms with Crippen LogP contribution in [0.1, 0.15) is 11.1 Å². The standard InChI is InChI=1S/C18H16ClN3OS/c1-11-3-4-13(9-12(11)2)16-10-24-18(21-16)22-17(23)20-15-7-5-14(19)6-8-15/h3-10H,1-2H3,(H2,20,21,22,23). The summed E-state index contributed by atoms with van der Waals surface area (Å²) in [6.07, 6.45) is 0. The second-order valence-corrected chi connectivity index (χ2v) is 6.72. The number of nitrogens with one attached hydrogen (secondary N) is 2. The van der Waals surface area contributed by atoms with Crippen LogP contribution in [0.5, 0.6) is 0 Å². The maximum atomic E-state index is 12.0. The Balaban J connectivity index is 1.68. The second kappa shape index (κ2) is 7.03. The van der Waals surface area contributed by atoms with E-state index in [0.29, 0.717) is 15.8 Å². The van der Waals surface area contributed by atoms with E-state index < -0.39 is 0 Å². The lowest BCUT2D eigenvalue weighted by Gasteiger charge is -2.05. The lowest BCUT2D eigenvalue weighted by atomic mass is 10.1. The molecule has 24 heavy (non-hydrogen) atoms. The van der Waals surface area contributed by atoms with Crippen LogP contribution in [0.25, 0.3) is 11.3 Å². The van der Waals surface area contributed by atoms with Crippen LogP contribution in [0.3, 0.4) is 0 Å². The maximum absolute atomic E-state index is 12.0. The highest BCUT2D eigenvalue weighted by atomic mass is 35.5. The summed E-state index contributed by atoms with van der Waals surface area (Å²) in [6.45, 7) is 4.15. The predicted octanol–water partition coefficient (Wildman–Crippen LogP) is 5.72. The molecule has 0 bridgehead atoms. The Morgan fingerprint density at radius 3 is 2.50 bits per heavy atom. The Morgan fingerprint density at radius 1 is 1.04 bits per heavy atom. The Bertz CT molecular complexity index is 874. The number of hydrogen-bond donors (Lipinski definition) is 2. The van der Waals surface area contributed by atoms with E-state index in [0.717, 1.165) is 11.3 Å². The predicted molar refractivity (Wildman–Crippen MR) is 101 cm³/mol. The third-order valence-corrected chi connectivity index (χ3v) is 4.64. The minimum Gasteiger partial charge on any atom is -0.308 e. The van der Waals surface area contributed by atoms with Crippen molar-refractivity contribution < 1.29 is 4.79 Å². The SMILES string of the molecule is Cc1ccc(-c2csc(NC(=O)Nc3ccc(Cl)cc3)n2)cc1C. The number of carbonyl (C=O) groups excluding carboxylic acids is 1. The number of carbonyl (C=O) groups is 1. The molecule has 3 rings (SSSR count). The number of anilines is 2. The number of amides is 2. The van der Waals surface area contributed by atoms with Crippen molar-refractivity contribution in [3.63, 3.8) is 0 Å². The number of urea groups is 1. The van der Waals surface area contributed by atoms with Crippen LogP contribution >= 0.6 is 22.9 Å². The normalized spacial score (nSPS) is 10.5. The van der Waals surface area contributed by atoms with Crippen molar-refractivity contribution in [3.05, 3.63) is 64.0 Å². The van der Waals surface area contributed by atoms with Crippen LogP contribution < -0.4 is 10.6 Å². The number of aromatic nitrogens is 1. The van der Waals surface area contributed by atoms with Crippen molar-refractivity contribution in [3.8, 4) is 11.3 Å². The van der Waals surface area contributed by atoms with Crippen LogP contribution in [0.4, 0.5) is 15.6 Å². The van der Waals surface area contributed by atoms with Gasteiger partial charge in [-0.15, -0.1) is 11.3 Å². The van der Waals surface area contributed by atoms with Gasteiger partial charge in [0.15, 0.2) is 5.13 Å². The molecule has 1 heterocycles. The molecule has 3 aromatic rings. The minimum atomic E-state index is -0.335. The summed E-state index contributed by atoms with van der Waals surface area (Å²) in [7, 11) is 0. The molecule has 0 spiro atoms. The first-order valence-corrected chi connectivity index (χ1v) is 8.64. The molecule has 4 nitrogen and oxygen atoms in total. The second-order valence-electron chi connectivity index (χ2n) is 5.42.